The van der Waals surface area contributed by atoms with Gasteiger partial charge in [-0.1, -0.05) is 24.3 Å². The van der Waals surface area contributed by atoms with E-state index in [9.17, 15) is 9.59 Å². The summed E-state index contributed by atoms with van der Waals surface area (Å²) < 4.78 is 0. The van der Waals surface area contributed by atoms with E-state index in [-0.39, 0.29) is 17.4 Å². The van der Waals surface area contributed by atoms with E-state index in [4.69, 9.17) is 21.1 Å². The van der Waals surface area contributed by atoms with E-state index in [1.807, 2.05) is 6.07 Å². The van der Waals surface area contributed by atoms with Gasteiger partial charge in [0.05, 0.1) is 0 Å². The number of carboxylic acids is 1. The molecule has 1 amide bonds. The maximum atomic E-state index is 10.4. The van der Waals surface area contributed by atoms with Crippen LogP contribution in [0.25, 0.3) is 6.08 Å². The second kappa shape index (κ2) is 8.11. The molecule has 0 atom stereocenters. The molecule has 5 N–H and O–H groups in total. The summed E-state index contributed by atoms with van der Waals surface area (Å²) in [6, 6.07) is 12.8. The normalized spacial score (nSPS) is 9.82. The molecule has 0 fully saturated rings. The summed E-state index contributed by atoms with van der Waals surface area (Å²) in [5.41, 5.74) is 6.04. The van der Waals surface area contributed by atoms with Crippen molar-refractivity contribution in [1.29, 1.82) is 0 Å². The molecule has 2 aromatic rings. The molecule has 0 aliphatic carbocycles. The third kappa shape index (κ3) is 5.79. The number of aliphatic carboxylic acids is 1. The monoisotopic (exact) mass is 301 g/mol. The summed E-state index contributed by atoms with van der Waals surface area (Å²) in [5, 5.41) is 26.3. The van der Waals surface area contributed by atoms with Gasteiger partial charge in [-0.25, -0.2) is 4.79 Å². The van der Waals surface area contributed by atoms with Crippen molar-refractivity contribution < 1.29 is 24.9 Å². The maximum Gasteiger partial charge on any atom is 0.328 e. The molecule has 0 radical (unpaired) electrons. The van der Waals surface area contributed by atoms with Crippen LogP contribution in [0.5, 0.6) is 11.5 Å². The third-order valence-electron chi connectivity index (χ3n) is 2.48. The molecule has 0 saturated carbocycles. The van der Waals surface area contributed by atoms with Gasteiger partial charge in [0.25, 0.3) is 0 Å². The highest BCUT2D eigenvalue weighted by molar-refractivity contribution is 5.92. The quantitative estimate of drug-likeness (QED) is 0.510. The number of phenols is 2. The van der Waals surface area contributed by atoms with Crippen molar-refractivity contribution in [3.63, 3.8) is 0 Å². The average Bonchev–Trinajstić information content (AvgIpc) is 2.50. The first-order chi connectivity index (χ1) is 10.4. The Bertz CT molecular complexity index is 680. The van der Waals surface area contributed by atoms with Gasteiger partial charge < -0.3 is 21.1 Å². The van der Waals surface area contributed by atoms with Crippen LogP contribution < -0.4 is 5.73 Å². The van der Waals surface area contributed by atoms with Crippen LogP contribution in [0.15, 0.2) is 54.6 Å². The SMILES string of the molecule is NC(=O)c1ccccc1.O=C(O)/C=C/c1ccc(O)c(O)c1. The van der Waals surface area contributed by atoms with Gasteiger partial charge in [-0.3, -0.25) is 4.79 Å². The molecule has 6 heteroatoms. The second-order valence-corrected chi connectivity index (χ2v) is 4.15. The number of carbonyl (C=O) groups excluding carboxylic acids is 1. The third-order valence-corrected chi connectivity index (χ3v) is 2.48. The lowest BCUT2D eigenvalue weighted by Gasteiger charge is -1.97. The molecule has 0 unspecified atom stereocenters. The van der Waals surface area contributed by atoms with Crippen molar-refractivity contribution in [1.82, 2.24) is 0 Å². The van der Waals surface area contributed by atoms with Crippen molar-refractivity contribution >= 4 is 18.0 Å². The van der Waals surface area contributed by atoms with Crippen LogP contribution in [-0.4, -0.2) is 27.2 Å². The Morgan fingerprint density at radius 1 is 0.955 bits per heavy atom. The van der Waals surface area contributed by atoms with Gasteiger partial charge in [0.15, 0.2) is 11.5 Å². The van der Waals surface area contributed by atoms with E-state index in [1.165, 1.54) is 24.3 Å². The lowest BCUT2D eigenvalue weighted by molar-refractivity contribution is -0.131. The topological polar surface area (TPSA) is 121 Å². The highest BCUT2D eigenvalue weighted by Gasteiger charge is 1.98. The Kier molecular flexibility index (Phi) is 6.18. The summed E-state index contributed by atoms with van der Waals surface area (Å²) in [4.78, 5) is 20.5. The summed E-state index contributed by atoms with van der Waals surface area (Å²) >= 11 is 0. The lowest BCUT2D eigenvalue weighted by atomic mass is 10.2. The number of amides is 1. The Hall–Kier alpha value is -3.28. The van der Waals surface area contributed by atoms with Gasteiger partial charge in [-0.15, -0.1) is 0 Å². The molecule has 0 aliphatic rings. The van der Waals surface area contributed by atoms with Crippen LogP contribution in [0.3, 0.4) is 0 Å². The van der Waals surface area contributed by atoms with Crippen molar-refractivity contribution in [2.75, 3.05) is 0 Å². The van der Waals surface area contributed by atoms with Gasteiger partial charge in [-0.05, 0) is 35.9 Å². The number of aromatic hydroxyl groups is 2. The fourth-order valence-corrected chi connectivity index (χ4v) is 1.41. The Morgan fingerprint density at radius 3 is 2.05 bits per heavy atom. The van der Waals surface area contributed by atoms with Gasteiger partial charge in [0, 0.05) is 11.6 Å². The smallest absolute Gasteiger partial charge is 0.328 e. The van der Waals surface area contributed by atoms with Gasteiger partial charge >= 0.3 is 5.97 Å². The van der Waals surface area contributed by atoms with Crippen molar-refractivity contribution in [2.24, 2.45) is 5.73 Å². The summed E-state index contributed by atoms with van der Waals surface area (Å²) in [7, 11) is 0. The molecular weight excluding hydrogens is 286 g/mol. The van der Waals surface area contributed by atoms with Crippen LogP contribution in [0, 0.1) is 0 Å². The molecule has 0 aromatic heterocycles. The Balaban J connectivity index is 0.000000235. The number of nitrogens with two attached hydrogens (primary N) is 1. The van der Waals surface area contributed by atoms with Crippen LogP contribution in [0.1, 0.15) is 15.9 Å². The molecular formula is C16H15NO5. The molecule has 0 spiro atoms. The lowest BCUT2D eigenvalue weighted by Crippen LogP contribution is -2.09. The summed E-state index contributed by atoms with van der Waals surface area (Å²) in [6.45, 7) is 0. The van der Waals surface area contributed by atoms with Crippen LogP contribution >= 0.6 is 0 Å². The average molecular weight is 301 g/mol. The highest BCUT2D eigenvalue weighted by Crippen LogP contribution is 2.25. The summed E-state index contributed by atoms with van der Waals surface area (Å²) in [5.74, 6) is -1.94. The first-order valence-corrected chi connectivity index (χ1v) is 6.18. The molecule has 0 heterocycles. The first-order valence-electron chi connectivity index (χ1n) is 6.18. The minimum Gasteiger partial charge on any atom is -0.504 e. The number of carboxylic acid groups (broad SMARTS) is 1. The molecule has 0 bridgehead atoms. The van der Waals surface area contributed by atoms with Gasteiger partial charge in [0.2, 0.25) is 5.91 Å². The maximum absolute atomic E-state index is 10.4. The standard InChI is InChI=1S/C9H8O4.C7H7NO/c10-7-3-1-6(5-8(7)11)2-4-9(12)13;8-7(9)6-4-2-1-3-5-6/h1-5,10-11H,(H,12,13);1-5H,(H2,8,9)/b4-2+;. The molecule has 2 aromatic carbocycles. The number of hydrogen-bond donors (Lipinski definition) is 4. The second-order valence-electron chi connectivity index (χ2n) is 4.15. The van der Waals surface area contributed by atoms with Crippen LogP contribution in [0.2, 0.25) is 0 Å². The van der Waals surface area contributed by atoms with Crippen LogP contribution in [0.4, 0.5) is 0 Å². The minimum atomic E-state index is -1.06. The van der Waals surface area contributed by atoms with E-state index in [0.29, 0.717) is 11.1 Å². The molecule has 0 aliphatic heterocycles. The zero-order valence-corrected chi connectivity index (χ0v) is 11.5. The van der Waals surface area contributed by atoms with Crippen molar-refractivity contribution in [3.8, 4) is 11.5 Å². The Morgan fingerprint density at radius 2 is 1.59 bits per heavy atom. The van der Waals surface area contributed by atoms with Crippen LogP contribution in [-0.2, 0) is 4.79 Å². The van der Waals surface area contributed by atoms with Gasteiger partial charge in [0.1, 0.15) is 0 Å². The van der Waals surface area contributed by atoms with Crippen molar-refractivity contribution in [2.45, 2.75) is 0 Å². The first kappa shape index (κ1) is 16.8. The molecule has 22 heavy (non-hydrogen) atoms. The van der Waals surface area contributed by atoms with E-state index >= 15 is 0 Å². The number of primary amides is 1. The predicted molar refractivity (Wildman–Crippen MR) is 81.4 cm³/mol. The molecule has 0 saturated heterocycles. The largest absolute Gasteiger partial charge is 0.504 e. The molecule has 6 nitrogen and oxygen atoms in total. The number of benzene rings is 2. The van der Waals surface area contributed by atoms with E-state index in [2.05, 4.69) is 0 Å². The fraction of sp³-hybridized carbons (Fsp3) is 0. The van der Waals surface area contributed by atoms with Gasteiger partial charge in [-0.2, -0.15) is 0 Å². The number of phenolic OH excluding ortho intramolecular Hbond substituents is 2. The zero-order chi connectivity index (χ0) is 16.5. The number of carbonyl (C=O) groups is 2. The van der Waals surface area contributed by atoms with E-state index < -0.39 is 5.97 Å². The number of hydrogen-bond acceptors (Lipinski definition) is 4. The van der Waals surface area contributed by atoms with Crippen molar-refractivity contribution in [3.05, 3.63) is 65.7 Å². The Labute approximate surface area is 126 Å². The predicted octanol–water partition coefficient (Wildman–Crippen LogP) is 1.98. The van der Waals surface area contributed by atoms with E-state index in [1.54, 1.807) is 24.3 Å². The summed E-state index contributed by atoms with van der Waals surface area (Å²) in [6.07, 6.45) is 2.27. The molecule has 2 rings (SSSR count). The number of rotatable bonds is 3. The zero-order valence-electron chi connectivity index (χ0n) is 11.5. The minimum absolute atomic E-state index is 0.229. The molecule has 114 valence electrons. The van der Waals surface area contributed by atoms with E-state index in [0.717, 1.165) is 6.08 Å². The highest BCUT2D eigenvalue weighted by atomic mass is 16.4. The fourth-order valence-electron chi connectivity index (χ4n) is 1.41.